The Kier molecular flexibility index (Phi) is 5.19. The highest BCUT2D eigenvalue weighted by Gasteiger charge is 2.52. The molecule has 1 aromatic carbocycles. The van der Waals surface area contributed by atoms with Gasteiger partial charge in [-0.05, 0) is 56.4 Å². The van der Waals surface area contributed by atoms with E-state index in [9.17, 15) is 5.11 Å². The lowest BCUT2D eigenvalue weighted by Crippen LogP contribution is -2.41. The summed E-state index contributed by atoms with van der Waals surface area (Å²) in [6.45, 7) is 8.41. The van der Waals surface area contributed by atoms with E-state index in [0.29, 0.717) is 6.54 Å². The van der Waals surface area contributed by atoms with Crippen LogP contribution in [0.2, 0.25) is 0 Å². The van der Waals surface area contributed by atoms with Gasteiger partial charge < -0.3 is 20.1 Å². The molecule has 3 N–H and O–H groups in total. The van der Waals surface area contributed by atoms with Crippen molar-refractivity contribution in [1.29, 1.82) is 0 Å². The lowest BCUT2D eigenvalue weighted by atomic mass is 9.77. The molecule has 1 saturated heterocycles. The summed E-state index contributed by atoms with van der Waals surface area (Å²) in [5.41, 5.74) is 7.79. The van der Waals surface area contributed by atoms with Crippen LogP contribution in [0, 0.1) is 0 Å². The van der Waals surface area contributed by atoms with Gasteiger partial charge >= 0.3 is 7.12 Å². The van der Waals surface area contributed by atoms with Gasteiger partial charge in [-0.1, -0.05) is 28.1 Å². The molecule has 0 bridgehead atoms. The van der Waals surface area contributed by atoms with E-state index in [-0.39, 0.29) is 17.8 Å². The second-order valence-corrected chi connectivity index (χ2v) is 7.37. The summed E-state index contributed by atoms with van der Waals surface area (Å²) >= 11 is 3.42. The van der Waals surface area contributed by atoms with Crippen LogP contribution in [-0.2, 0) is 15.9 Å². The Morgan fingerprint density at radius 1 is 1.27 bits per heavy atom. The molecular formula is C16H23BBrNO3. The molecule has 0 aromatic heterocycles. The molecule has 0 atom stereocenters. The van der Waals surface area contributed by atoms with Gasteiger partial charge in [0.2, 0.25) is 0 Å². The third-order valence-electron chi connectivity index (χ3n) is 4.38. The van der Waals surface area contributed by atoms with Crippen molar-refractivity contribution in [2.24, 2.45) is 5.73 Å². The molecule has 1 aromatic rings. The number of aliphatic hydroxyl groups excluding tert-OH is 1. The predicted molar refractivity (Wildman–Crippen MR) is 93.2 cm³/mol. The number of halogens is 1. The largest absolute Gasteiger partial charge is 0.491 e. The van der Waals surface area contributed by atoms with Gasteiger partial charge in [0.25, 0.3) is 0 Å². The van der Waals surface area contributed by atoms with Crippen LogP contribution in [0.25, 0.3) is 6.08 Å². The van der Waals surface area contributed by atoms with E-state index >= 15 is 0 Å². The maximum absolute atomic E-state index is 9.36. The molecule has 0 spiro atoms. The highest BCUT2D eigenvalue weighted by atomic mass is 79.9. The van der Waals surface area contributed by atoms with Crippen molar-refractivity contribution in [3.8, 4) is 0 Å². The number of nitrogens with two attached hydrogens (primary N) is 1. The summed E-state index contributed by atoms with van der Waals surface area (Å²) in [7, 11) is -0.448. The van der Waals surface area contributed by atoms with Crippen molar-refractivity contribution in [2.75, 3.05) is 6.54 Å². The van der Waals surface area contributed by atoms with Crippen molar-refractivity contribution in [3.63, 3.8) is 0 Å². The van der Waals surface area contributed by atoms with Gasteiger partial charge in [0.15, 0.2) is 0 Å². The van der Waals surface area contributed by atoms with Crippen LogP contribution in [-0.4, -0.2) is 30.0 Å². The molecular weight excluding hydrogens is 345 g/mol. The summed E-state index contributed by atoms with van der Waals surface area (Å²) in [6.07, 6.45) is 1.97. The zero-order valence-corrected chi connectivity index (χ0v) is 15.1. The van der Waals surface area contributed by atoms with Gasteiger partial charge in [-0.15, -0.1) is 0 Å². The summed E-state index contributed by atoms with van der Waals surface area (Å²) < 4.78 is 13.0. The zero-order chi connectivity index (χ0) is 16.5. The minimum absolute atomic E-state index is 0.0172. The van der Waals surface area contributed by atoms with Crippen molar-refractivity contribution in [1.82, 2.24) is 0 Å². The summed E-state index contributed by atoms with van der Waals surface area (Å²) in [6, 6.07) is 5.80. The highest BCUT2D eigenvalue weighted by Crippen LogP contribution is 2.38. The highest BCUT2D eigenvalue weighted by molar-refractivity contribution is 9.10. The standard InChI is InChI=1S/C16H23BBrNO3/c1-15(2)16(3,4)22-17(21-15)13(9-19)8-11-5-6-14(18)12(7-11)10-20/h5-8,20H,9-10,19H2,1-4H3. The molecule has 1 fully saturated rings. The Morgan fingerprint density at radius 2 is 1.86 bits per heavy atom. The monoisotopic (exact) mass is 367 g/mol. The molecule has 0 radical (unpaired) electrons. The SMILES string of the molecule is CC1(C)OB(C(=Cc2ccc(Br)c(CO)c2)CN)OC1(C)C. The van der Waals surface area contributed by atoms with Gasteiger partial charge in [0, 0.05) is 11.0 Å². The Labute approximate surface area is 141 Å². The third kappa shape index (κ3) is 3.47. The van der Waals surface area contributed by atoms with Crippen molar-refractivity contribution in [3.05, 3.63) is 39.3 Å². The topological polar surface area (TPSA) is 64.7 Å². The first kappa shape index (κ1) is 17.7. The fourth-order valence-electron chi connectivity index (χ4n) is 2.24. The van der Waals surface area contributed by atoms with Crippen LogP contribution < -0.4 is 5.73 Å². The van der Waals surface area contributed by atoms with E-state index in [1.54, 1.807) is 0 Å². The quantitative estimate of drug-likeness (QED) is 0.803. The number of hydrogen-bond acceptors (Lipinski definition) is 4. The van der Waals surface area contributed by atoms with Gasteiger partial charge in [0.05, 0.1) is 17.8 Å². The molecule has 1 aliphatic heterocycles. The van der Waals surface area contributed by atoms with E-state index in [1.165, 1.54) is 0 Å². The zero-order valence-electron chi connectivity index (χ0n) is 13.5. The molecule has 4 nitrogen and oxygen atoms in total. The molecule has 2 rings (SSSR count). The maximum Gasteiger partial charge on any atom is 0.491 e. The van der Waals surface area contributed by atoms with Crippen molar-refractivity contribution >= 4 is 29.1 Å². The first-order chi connectivity index (χ1) is 10.2. The molecule has 1 aliphatic rings. The lowest BCUT2D eigenvalue weighted by molar-refractivity contribution is 0.00578. The van der Waals surface area contributed by atoms with Gasteiger partial charge in [-0.2, -0.15) is 0 Å². The smallest absolute Gasteiger partial charge is 0.400 e. The average Bonchev–Trinajstić information content (AvgIpc) is 2.66. The van der Waals surface area contributed by atoms with Gasteiger partial charge in [-0.3, -0.25) is 0 Å². The number of aliphatic hydroxyl groups is 1. The molecule has 0 aliphatic carbocycles. The third-order valence-corrected chi connectivity index (χ3v) is 5.16. The first-order valence-electron chi connectivity index (χ1n) is 7.35. The second-order valence-electron chi connectivity index (χ2n) is 6.52. The molecule has 22 heavy (non-hydrogen) atoms. The average molecular weight is 368 g/mol. The Balaban J connectivity index is 2.29. The fraction of sp³-hybridized carbons (Fsp3) is 0.500. The Bertz CT molecular complexity index is 571. The van der Waals surface area contributed by atoms with Crippen LogP contribution in [0.5, 0.6) is 0 Å². The van der Waals surface area contributed by atoms with Crippen molar-refractivity contribution < 1.29 is 14.4 Å². The minimum Gasteiger partial charge on any atom is -0.400 e. The molecule has 1 heterocycles. The van der Waals surface area contributed by atoms with E-state index in [4.69, 9.17) is 15.0 Å². The number of hydrogen-bond donors (Lipinski definition) is 2. The predicted octanol–water partition coefficient (Wildman–Crippen LogP) is 2.91. The molecule has 0 unspecified atom stereocenters. The molecule has 0 amide bonds. The van der Waals surface area contributed by atoms with Crippen LogP contribution >= 0.6 is 15.9 Å². The fourth-order valence-corrected chi connectivity index (χ4v) is 2.61. The normalized spacial score (nSPS) is 20.5. The summed E-state index contributed by atoms with van der Waals surface area (Å²) in [5.74, 6) is 0. The van der Waals surface area contributed by atoms with Crippen LogP contribution in [0.1, 0.15) is 38.8 Å². The van der Waals surface area contributed by atoms with Crippen LogP contribution in [0.15, 0.2) is 28.1 Å². The maximum atomic E-state index is 9.36. The van der Waals surface area contributed by atoms with Crippen molar-refractivity contribution in [2.45, 2.75) is 45.5 Å². The summed E-state index contributed by atoms with van der Waals surface area (Å²) in [4.78, 5) is 0. The number of benzene rings is 1. The Hall–Kier alpha value is -0.655. The minimum atomic E-state index is -0.448. The van der Waals surface area contributed by atoms with Crippen LogP contribution in [0.3, 0.4) is 0 Å². The van der Waals surface area contributed by atoms with E-state index < -0.39 is 7.12 Å². The van der Waals surface area contributed by atoms with Gasteiger partial charge in [0.1, 0.15) is 0 Å². The summed E-state index contributed by atoms with van der Waals surface area (Å²) in [5, 5.41) is 9.36. The van der Waals surface area contributed by atoms with Gasteiger partial charge in [-0.25, -0.2) is 0 Å². The molecule has 0 saturated carbocycles. The first-order valence-corrected chi connectivity index (χ1v) is 8.15. The Morgan fingerprint density at radius 3 is 2.36 bits per heavy atom. The van der Waals surface area contributed by atoms with Crippen LogP contribution in [0.4, 0.5) is 0 Å². The number of rotatable bonds is 4. The van der Waals surface area contributed by atoms with E-state index in [0.717, 1.165) is 21.1 Å². The van der Waals surface area contributed by atoms with E-state index in [2.05, 4.69) is 15.9 Å². The molecule has 120 valence electrons. The second kappa shape index (κ2) is 6.45. The van der Waals surface area contributed by atoms with E-state index in [1.807, 2.05) is 52.0 Å². The lowest BCUT2D eigenvalue weighted by Gasteiger charge is -2.32. The molecule has 6 heteroatoms.